The van der Waals surface area contributed by atoms with Crippen molar-refractivity contribution in [2.75, 3.05) is 5.73 Å². The molecule has 0 saturated carbocycles. The maximum Gasteiger partial charge on any atom is 0.269 e. The van der Waals surface area contributed by atoms with E-state index in [1.54, 1.807) is 12.1 Å². The van der Waals surface area contributed by atoms with Crippen molar-refractivity contribution < 1.29 is 9.34 Å². The van der Waals surface area contributed by atoms with E-state index in [1.165, 1.54) is 23.5 Å². The molecule has 0 aliphatic carbocycles. The van der Waals surface area contributed by atoms with E-state index in [2.05, 4.69) is 10.2 Å². The van der Waals surface area contributed by atoms with Gasteiger partial charge in [0.25, 0.3) is 11.6 Å². The number of aryl methyl sites for hydroxylation is 1. The molecule has 5 rings (SSSR count). The van der Waals surface area contributed by atoms with E-state index in [9.17, 15) is 10.1 Å². The zero-order valence-electron chi connectivity index (χ0n) is 15.1. The number of anilines is 1. The van der Waals surface area contributed by atoms with Gasteiger partial charge in [0.1, 0.15) is 9.71 Å². The SMILES string of the molecule is Cc1ccc2cc3c(N)c(-c4nnc(-c5ccc([N+](=O)[O-])cc5)o4)sc3nc2c1. The fourth-order valence-electron chi connectivity index (χ4n) is 3.12. The van der Waals surface area contributed by atoms with Crippen LogP contribution < -0.4 is 5.73 Å². The number of nitro groups is 1. The van der Waals surface area contributed by atoms with Gasteiger partial charge in [-0.2, -0.15) is 0 Å². The van der Waals surface area contributed by atoms with E-state index < -0.39 is 4.92 Å². The lowest BCUT2D eigenvalue weighted by molar-refractivity contribution is -0.384. The third kappa shape index (κ3) is 2.88. The third-order valence-corrected chi connectivity index (χ3v) is 5.72. The molecule has 0 bridgehead atoms. The molecule has 0 aliphatic rings. The maximum absolute atomic E-state index is 10.8. The Morgan fingerprint density at radius 1 is 1.07 bits per heavy atom. The van der Waals surface area contributed by atoms with Gasteiger partial charge in [-0.1, -0.05) is 12.1 Å². The molecular weight excluding hydrogens is 390 g/mol. The second-order valence-corrected chi connectivity index (χ2v) is 7.60. The number of nitro benzene ring substituents is 1. The molecule has 5 aromatic rings. The average molecular weight is 403 g/mol. The molecule has 142 valence electrons. The summed E-state index contributed by atoms with van der Waals surface area (Å²) < 4.78 is 5.79. The average Bonchev–Trinajstić information content (AvgIpc) is 3.31. The molecule has 0 saturated heterocycles. The van der Waals surface area contributed by atoms with Gasteiger partial charge in [-0.25, -0.2) is 4.98 Å². The first kappa shape index (κ1) is 17.3. The lowest BCUT2D eigenvalue weighted by Gasteiger charge is -1.99. The summed E-state index contributed by atoms with van der Waals surface area (Å²) >= 11 is 1.39. The van der Waals surface area contributed by atoms with Gasteiger partial charge in [-0.3, -0.25) is 10.1 Å². The van der Waals surface area contributed by atoms with Crippen molar-refractivity contribution in [1.82, 2.24) is 15.2 Å². The van der Waals surface area contributed by atoms with Crippen molar-refractivity contribution in [1.29, 1.82) is 0 Å². The molecule has 29 heavy (non-hydrogen) atoms. The number of fused-ring (bicyclic) bond motifs is 2. The minimum Gasteiger partial charge on any atom is -0.415 e. The van der Waals surface area contributed by atoms with Gasteiger partial charge in [-0.15, -0.1) is 21.5 Å². The van der Waals surface area contributed by atoms with E-state index in [1.807, 2.05) is 31.2 Å². The molecule has 0 atom stereocenters. The predicted octanol–water partition coefficient (Wildman–Crippen LogP) is 4.97. The Labute approximate surface area is 167 Å². The van der Waals surface area contributed by atoms with E-state index >= 15 is 0 Å². The summed E-state index contributed by atoms with van der Waals surface area (Å²) in [6.45, 7) is 2.03. The van der Waals surface area contributed by atoms with E-state index in [4.69, 9.17) is 15.1 Å². The van der Waals surface area contributed by atoms with Gasteiger partial charge < -0.3 is 10.2 Å². The first-order chi connectivity index (χ1) is 14.0. The summed E-state index contributed by atoms with van der Waals surface area (Å²) in [6, 6.07) is 14.0. The van der Waals surface area contributed by atoms with Gasteiger partial charge in [0.05, 0.1) is 16.1 Å². The largest absolute Gasteiger partial charge is 0.415 e. The van der Waals surface area contributed by atoms with Gasteiger partial charge >= 0.3 is 0 Å². The van der Waals surface area contributed by atoms with Crippen molar-refractivity contribution in [3.8, 4) is 22.2 Å². The van der Waals surface area contributed by atoms with Crippen LogP contribution in [0.1, 0.15) is 5.56 Å². The van der Waals surface area contributed by atoms with Crippen molar-refractivity contribution in [3.63, 3.8) is 0 Å². The molecule has 8 nitrogen and oxygen atoms in total. The van der Waals surface area contributed by atoms with Crippen LogP contribution in [0.25, 0.3) is 43.3 Å². The Morgan fingerprint density at radius 2 is 1.83 bits per heavy atom. The number of aromatic nitrogens is 3. The van der Waals surface area contributed by atoms with Crippen LogP contribution >= 0.6 is 11.3 Å². The van der Waals surface area contributed by atoms with Crippen LogP contribution in [0.15, 0.2) is 52.9 Å². The molecule has 0 unspecified atom stereocenters. The monoisotopic (exact) mass is 403 g/mol. The summed E-state index contributed by atoms with van der Waals surface area (Å²) in [7, 11) is 0. The summed E-state index contributed by atoms with van der Waals surface area (Å²) in [4.78, 5) is 16.5. The van der Waals surface area contributed by atoms with Crippen molar-refractivity contribution in [3.05, 3.63) is 64.2 Å². The zero-order chi connectivity index (χ0) is 20.1. The fourth-order valence-corrected chi connectivity index (χ4v) is 4.13. The highest BCUT2D eigenvalue weighted by atomic mass is 32.1. The second kappa shape index (κ2) is 6.35. The number of benzene rings is 2. The summed E-state index contributed by atoms with van der Waals surface area (Å²) in [5.74, 6) is 0.555. The normalized spacial score (nSPS) is 11.3. The van der Waals surface area contributed by atoms with Gasteiger partial charge in [0, 0.05) is 28.5 Å². The molecule has 2 aromatic carbocycles. The molecule has 0 amide bonds. The summed E-state index contributed by atoms with van der Waals surface area (Å²) in [5.41, 5.74) is 9.53. The predicted molar refractivity (Wildman–Crippen MR) is 112 cm³/mol. The molecule has 0 radical (unpaired) electrons. The molecule has 3 heterocycles. The second-order valence-electron chi connectivity index (χ2n) is 6.60. The molecule has 9 heteroatoms. The summed E-state index contributed by atoms with van der Waals surface area (Å²) in [6.07, 6.45) is 0. The van der Waals surface area contributed by atoms with Gasteiger partial charge in [0.2, 0.25) is 5.89 Å². The highest BCUT2D eigenvalue weighted by Gasteiger charge is 2.19. The number of hydrogen-bond donors (Lipinski definition) is 1. The number of nitrogens with two attached hydrogens (primary N) is 1. The van der Waals surface area contributed by atoms with E-state index in [0.717, 1.165) is 26.7 Å². The number of non-ortho nitro benzene ring substituents is 1. The van der Waals surface area contributed by atoms with Crippen LogP contribution in [0.4, 0.5) is 11.4 Å². The van der Waals surface area contributed by atoms with Crippen molar-refractivity contribution in [2.24, 2.45) is 0 Å². The Balaban J connectivity index is 1.58. The number of nitrogen functional groups attached to an aromatic ring is 1. The molecule has 0 aliphatic heterocycles. The van der Waals surface area contributed by atoms with Crippen molar-refractivity contribution >= 4 is 43.8 Å². The molecular formula is C20H13N5O3S. The lowest BCUT2D eigenvalue weighted by Crippen LogP contribution is -1.87. The maximum atomic E-state index is 10.8. The highest BCUT2D eigenvalue weighted by Crippen LogP contribution is 2.41. The minimum absolute atomic E-state index is 0.00406. The number of pyridine rings is 1. The Hall–Kier alpha value is -3.85. The number of nitrogens with zero attached hydrogens (tertiary/aromatic N) is 4. The Kier molecular flexibility index (Phi) is 3.78. The standard InChI is InChI=1S/C20H13N5O3S/c1-10-2-3-12-9-14-16(21)17(29-20(14)22-15(12)8-10)19-24-23-18(28-19)11-4-6-13(7-5-11)25(26)27/h2-9H,21H2,1H3. The first-order valence-corrected chi connectivity index (χ1v) is 9.49. The zero-order valence-corrected chi connectivity index (χ0v) is 15.9. The highest BCUT2D eigenvalue weighted by molar-refractivity contribution is 7.22. The molecule has 2 N–H and O–H groups in total. The van der Waals surface area contributed by atoms with Crippen LogP contribution in [0.2, 0.25) is 0 Å². The van der Waals surface area contributed by atoms with Crippen LogP contribution in [0.3, 0.4) is 0 Å². The van der Waals surface area contributed by atoms with Gasteiger partial charge in [-0.05, 0) is 36.8 Å². The van der Waals surface area contributed by atoms with Crippen LogP contribution in [0, 0.1) is 17.0 Å². The fraction of sp³-hybridized carbons (Fsp3) is 0.0500. The van der Waals surface area contributed by atoms with Crippen LogP contribution in [0.5, 0.6) is 0 Å². The molecule has 0 fully saturated rings. The Morgan fingerprint density at radius 3 is 2.59 bits per heavy atom. The molecule has 0 spiro atoms. The Bertz CT molecular complexity index is 1410. The topological polar surface area (TPSA) is 121 Å². The smallest absolute Gasteiger partial charge is 0.269 e. The minimum atomic E-state index is -0.459. The van der Waals surface area contributed by atoms with Crippen LogP contribution in [-0.2, 0) is 0 Å². The number of hydrogen-bond acceptors (Lipinski definition) is 8. The number of rotatable bonds is 3. The first-order valence-electron chi connectivity index (χ1n) is 8.68. The van der Waals surface area contributed by atoms with Gasteiger partial charge in [0.15, 0.2) is 0 Å². The van der Waals surface area contributed by atoms with Crippen LogP contribution in [-0.4, -0.2) is 20.1 Å². The van der Waals surface area contributed by atoms with E-state index in [-0.39, 0.29) is 11.6 Å². The molecule has 3 aromatic heterocycles. The lowest BCUT2D eigenvalue weighted by atomic mass is 10.1. The third-order valence-electron chi connectivity index (χ3n) is 4.62. The number of thiophene rings is 1. The summed E-state index contributed by atoms with van der Waals surface area (Å²) in [5, 5.41) is 20.8. The quantitative estimate of drug-likeness (QED) is 0.333. The van der Waals surface area contributed by atoms with Crippen molar-refractivity contribution in [2.45, 2.75) is 6.92 Å². The van der Waals surface area contributed by atoms with E-state index in [0.29, 0.717) is 22.0 Å².